The van der Waals surface area contributed by atoms with Gasteiger partial charge in [0.05, 0.1) is 30.5 Å². The molecule has 0 aliphatic heterocycles. The third kappa shape index (κ3) is 3.67. The van der Waals surface area contributed by atoms with Crippen LogP contribution in [0, 0.1) is 15.9 Å². The summed E-state index contributed by atoms with van der Waals surface area (Å²) in [5.41, 5.74) is 1.21. The van der Waals surface area contributed by atoms with Crippen LogP contribution in [0.1, 0.15) is 10.4 Å². The maximum absolute atomic E-state index is 14.0. The quantitative estimate of drug-likeness (QED) is 0.260. The Morgan fingerprint density at radius 3 is 2.75 bits per heavy atom. The van der Waals surface area contributed by atoms with Crippen LogP contribution in [-0.2, 0) is 4.74 Å². The first kappa shape index (κ1) is 20.7. The Morgan fingerprint density at radius 2 is 2.03 bits per heavy atom. The lowest BCUT2D eigenvalue weighted by Crippen LogP contribution is -2.09. The van der Waals surface area contributed by atoms with Crippen molar-refractivity contribution in [1.82, 2.24) is 15.0 Å². The SMILES string of the molecule is COC(=O)c1cnc(Nc2cc([N+](=O)[O-])c(F)cc2OC)nc1-c1c[nH]c2ccccc12. The second kappa shape index (κ2) is 8.30. The van der Waals surface area contributed by atoms with Gasteiger partial charge < -0.3 is 19.8 Å². The molecule has 0 saturated carbocycles. The molecule has 0 saturated heterocycles. The van der Waals surface area contributed by atoms with E-state index >= 15 is 0 Å². The summed E-state index contributed by atoms with van der Waals surface area (Å²) in [5.74, 6) is -1.65. The summed E-state index contributed by atoms with van der Waals surface area (Å²) in [4.78, 5) is 34.3. The summed E-state index contributed by atoms with van der Waals surface area (Å²) in [7, 11) is 2.54. The number of fused-ring (bicyclic) bond motifs is 1. The number of esters is 1. The number of carbonyl (C=O) groups is 1. The second-order valence-electron chi connectivity index (χ2n) is 6.58. The van der Waals surface area contributed by atoms with E-state index in [1.54, 1.807) is 6.20 Å². The zero-order valence-electron chi connectivity index (χ0n) is 16.9. The van der Waals surface area contributed by atoms with Gasteiger partial charge in [-0.2, -0.15) is 4.39 Å². The lowest BCUT2D eigenvalue weighted by atomic mass is 10.1. The molecule has 0 aliphatic carbocycles. The minimum absolute atomic E-state index is 0.0112. The van der Waals surface area contributed by atoms with Crippen LogP contribution in [0.2, 0.25) is 0 Å². The summed E-state index contributed by atoms with van der Waals surface area (Å²) >= 11 is 0. The Labute approximate surface area is 180 Å². The number of rotatable bonds is 6. The van der Waals surface area contributed by atoms with Crippen molar-refractivity contribution >= 4 is 34.2 Å². The van der Waals surface area contributed by atoms with E-state index in [-0.39, 0.29) is 28.6 Å². The van der Waals surface area contributed by atoms with E-state index in [4.69, 9.17) is 9.47 Å². The number of nitrogens with zero attached hydrogens (tertiary/aromatic N) is 3. The topological polar surface area (TPSA) is 132 Å². The van der Waals surface area contributed by atoms with E-state index in [0.717, 1.165) is 23.0 Å². The van der Waals surface area contributed by atoms with E-state index in [9.17, 15) is 19.3 Å². The van der Waals surface area contributed by atoms with Gasteiger partial charge in [-0.1, -0.05) is 18.2 Å². The average Bonchev–Trinajstić information content (AvgIpc) is 3.23. The highest BCUT2D eigenvalue weighted by Gasteiger charge is 2.22. The van der Waals surface area contributed by atoms with E-state index in [1.165, 1.54) is 20.4 Å². The first-order valence-electron chi connectivity index (χ1n) is 9.23. The van der Waals surface area contributed by atoms with Gasteiger partial charge in [-0.25, -0.2) is 14.8 Å². The number of anilines is 2. The van der Waals surface area contributed by atoms with Gasteiger partial charge in [-0.3, -0.25) is 10.1 Å². The maximum atomic E-state index is 14.0. The van der Waals surface area contributed by atoms with Gasteiger partial charge >= 0.3 is 11.7 Å². The highest BCUT2D eigenvalue weighted by atomic mass is 19.1. The summed E-state index contributed by atoms with van der Waals surface area (Å²) in [6, 6.07) is 9.33. The predicted octanol–water partition coefficient (Wildman–Crippen LogP) is 4.21. The number of para-hydroxylation sites is 1. The Kier molecular flexibility index (Phi) is 5.37. The fourth-order valence-corrected chi connectivity index (χ4v) is 3.24. The smallest absolute Gasteiger partial charge is 0.341 e. The molecule has 4 rings (SSSR count). The van der Waals surface area contributed by atoms with Crippen molar-refractivity contribution in [2.24, 2.45) is 0 Å². The van der Waals surface area contributed by atoms with Crippen LogP contribution in [0.4, 0.5) is 21.7 Å². The van der Waals surface area contributed by atoms with Gasteiger partial charge in [-0.15, -0.1) is 0 Å². The number of carbonyl (C=O) groups excluding carboxylic acids is 1. The molecular weight excluding hydrogens is 421 g/mol. The van der Waals surface area contributed by atoms with Crippen molar-refractivity contribution in [1.29, 1.82) is 0 Å². The van der Waals surface area contributed by atoms with Crippen LogP contribution in [0.3, 0.4) is 0 Å². The van der Waals surface area contributed by atoms with Gasteiger partial charge in [-0.05, 0) is 6.07 Å². The highest BCUT2D eigenvalue weighted by molar-refractivity contribution is 6.02. The minimum atomic E-state index is -1.04. The summed E-state index contributed by atoms with van der Waals surface area (Å²) < 4.78 is 23.9. The molecule has 2 heterocycles. The molecule has 4 aromatic rings. The molecule has 32 heavy (non-hydrogen) atoms. The van der Waals surface area contributed by atoms with Crippen molar-refractivity contribution in [3.05, 3.63) is 70.3 Å². The highest BCUT2D eigenvalue weighted by Crippen LogP contribution is 2.35. The van der Waals surface area contributed by atoms with Crippen molar-refractivity contribution in [2.45, 2.75) is 0 Å². The number of aromatic amines is 1. The number of halogens is 1. The fraction of sp³-hybridized carbons (Fsp3) is 0.0952. The Morgan fingerprint density at radius 1 is 1.25 bits per heavy atom. The lowest BCUT2D eigenvalue weighted by Gasteiger charge is -2.12. The number of ether oxygens (including phenoxy) is 2. The monoisotopic (exact) mass is 437 g/mol. The molecule has 10 nitrogen and oxygen atoms in total. The van der Waals surface area contributed by atoms with E-state index < -0.39 is 22.4 Å². The number of nitro benzene ring substituents is 1. The van der Waals surface area contributed by atoms with E-state index in [1.807, 2.05) is 24.3 Å². The average molecular weight is 437 g/mol. The lowest BCUT2D eigenvalue weighted by molar-refractivity contribution is -0.387. The summed E-state index contributed by atoms with van der Waals surface area (Å²) in [5, 5.41) is 14.7. The minimum Gasteiger partial charge on any atom is -0.494 e. The van der Waals surface area contributed by atoms with E-state index in [2.05, 4.69) is 20.3 Å². The molecule has 2 aromatic heterocycles. The van der Waals surface area contributed by atoms with Gasteiger partial charge in [0.2, 0.25) is 11.8 Å². The molecule has 0 spiro atoms. The van der Waals surface area contributed by atoms with Crippen LogP contribution >= 0.6 is 0 Å². The molecule has 162 valence electrons. The van der Waals surface area contributed by atoms with Crippen LogP contribution in [0.5, 0.6) is 5.75 Å². The van der Waals surface area contributed by atoms with Crippen molar-refractivity contribution < 1.29 is 23.6 Å². The zero-order valence-corrected chi connectivity index (χ0v) is 16.9. The van der Waals surface area contributed by atoms with E-state index in [0.29, 0.717) is 5.56 Å². The van der Waals surface area contributed by atoms with Crippen molar-refractivity contribution in [3.8, 4) is 17.0 Å². The number of benzene rings is 2. The number of hydrogen-bond acceptors (Lipinski definition) is 8. The molecule has 0 unspecified atom stereocenters. The normalized spacial score (nSPS) is 10.7. The van der Waals surface area contributed by atoms with Crippen LogP contribution in [0.25, 0.3) is 22.2 Å². The first-order chi connectivity index (χ1) is 15.4. The first-order valence-corrected chi connectivity index (χ1v) is 9.23. The van der Waals surface area contributed by atoms with Crippen LogP contribution in [0.15, 0.2) is 48.8 Å². The molecule has 2 aromatic carbocycles. The Balaban J connectivity index is 1.84. The molecule has 0 fully saturated rings. The van der Waals surface area contributed by atoms with Gasteiger partial charge in [0.1, 0.15) is 11.3 Å². The fourth-order valence-electron chi connectivity index (χ4n) is 3.24. The Hall–Kier alpha value is -4.54. The molecular formula is C21H16FN5O5. The standard InChI is InChI=1S/C21H16FN5O5/c1-31-18-7-14(22)17(27(29)30)8-16(18)25-21-24-10-13(20(28)32-2)19(26-21)12-9-23-15-6-4-3-5-11(12)15/h3-10,23H,1-2H3,(H,24,25,26). The van der Waals surface area contributed by atoms with Crippen molar-refractivity contribution in [3.63, 3.8) is 0 Å². The van der Waals surface area contributed by atoms with Gasteiger partial charge in [0.15, 0.2) is 0 Å². The van der Waals surface area contributed by atoms with Gasteiger partial charge in [0, 0.05) is 41.0 Å². The molecule has 0 atom stereocenters. The molecule has 0 aliphatic rings. The molecule has 0 amide bonds. The van der Waals surface area contributed by atoms with Crippen LogP contribution < -0.4 is 10.1 Å². The number of H-pyrrole nitrogens is 1. The maximum Gasteiger partial charge on any atom is 0.341 e. The second-order valence-corrected chi connectivity index (χ2v) is 6.58. The predicted molar refractivity (Wildman–Crippen MR) is 114 cm³/mol. The third-order valence-corrected chi connectivity index (χ3v) is 4.75. The molecule has 2 N–H and O–H groups in total. The summed E-state index contributed by atoms with van der Waals surface area (Å²) in [6.07, 6.45) is 2.98. The zero-order chi connectivity index (χ0) is 22.8. The number of methoxy groups -OCH3 is 2. The van der Waals surface area contributed by atoms with Gasteiger partial charge in [0.25, 0.3) is 0 Å². The summed E-state index contributed by atoms with van der Waals surface area (Å²) in [6.45, 7) is 0. The molecule has 0 bridgehead atoms. The third-order valence-electron chi connectivity index (χ3n) is 4.75. The number of aromatic nitrogens is 3. The van der Waals surface area contributed by atoms with Crippen molar-refractivity contribution in [2.75, 3.05) is 19.5 Å². The number of nitrogens with one attached hydrogen (secondary N) is 2. The van der Waals surface area contributed by atoms with Crippen LogP contribution in [-0.4, -0.2) is 40.1 Å². The number of hydrogen-bond donors (Lipinski definition) is 2. The molecule has 0 radical (unpaired) electrons. The largest absolute Gasteiger partial charge is 0.494 e. The number of nitro groups is 1. The Bertz CT molecular complexity index is 1350. The molecule has 11 heteroatoms.